The number of amides is 1. The maximum atomic E-state index is 12.1. The molecule has 0 aromatic heterocycles. The molecular formula is C17H26N2O3S2. The number of aryl methyl sites for hydroxylation is 1. The quantitative estimate of drug-likeness (QED) is 0.790. The highest BCUT2D eigenvalue weighted by molar-refractivity contribution is 8.02. The molecular weight excluding hydrogens is 344 g/mol. The van der Waals surface area contributed by atoms with Crippen LogP contribution in [-0.4, -0.2) is 62.4 Å². The second kappa shape index (κ2) is 8.36. The normalized spacial score (nSPS) is 20.9. The summed E-state index contributed by atoms with van der Waals surface area (Å²) in [7, 11) is 1.11. The van der Waals surface area contributed by atoms with Crippen molar-refractivity contribution in [2.24, 2.45) is 0 Å². The smallest absolute Gasteiger partial charge is 0.230 e. The van der Waals surface area contributed by atoms with Crippen molar-refractivity contribution in [2.75, 3.05) is 37.9 Å². The van der Waals surface area contributed by atoms with Crippen LogP contribution in [0.15, 0.2) is 24.3 Å². The molecule has 24 heavy (non-hydrogen) atoms. The maximum Gasteiger partial charge on any atom is 0.230 e. The van der Waals surface area contributed by atoms with E-state index in [2.05, 4.69) is 41.4 Å². The number of carbonyl (C=O) groups excluding carboxylic acids is 1. The summed E-state index contributed by atoms with van der Waals surface area (Å²) in [5.74, 6) is 0.730. The van der Waals surface area contributed by atoms with Gasteiger partial charge in [0.2, 0.25) is 5.91 Å². The fourth-order valence-corrected chi connectivity index (χ4v) is 6.21. The van der Waals surface area contributed by atoms with Crippen LogP contribution in [0.3, 0.4) is 0 Å². The van der Waals surface area contributed by atoms with Gasteiger partial charge in [0, 0.05) is 11.8 Å². The van der Waals surface area contributed by atoms with Crippen molar-refractivity contribution >= 4 is 27.5 Å². The van der Waals surface area contributed by atoms with Gasteiger partial charge in [0.1, 0.15) is 0 Å². The van der Waals surface area contributed by atoms with E-state index in [1.54, 1.807) is 0 Å². The topological polar surface area (TPSA) is 66.5 Å². The SMILES string of the molecule is Cc1ccc([C@@H](CNC(=O)CS[C@@H]2CCS(=O)(=O)C2)N(C)C)cc1. The van der Waals surface area contributed by atoms with Gasteiger partial charge in [-0.1, -0.05) is 29.8 Å². The molecule has 0 saturated carbocycles. The van der Waals surface area contributed by atoms with Gasteiger partial charge in [-0.2, -0.15) is 0 Å². The van der Waals surface area contributed by atoms with Gasteiger partial charge in [-0.15, -0.1) is 11.8 Å². The standard InChI is InChI=1S/C17H26N2O3S2/c1-13-4-6-14(7-5-13)16(19(2)3)10-18-17(20)11-23-15-8-9-24(21,22)12-15/h4-7,15-16H,8-12H2,1-3H3,(H,18,20)/t15-,16-/m1/s1. The molecule has 1 saturated heterocycles. The van der Waals surface area contributed by atoms with E-state index in [-0.39, 0.29) is 28.7 Å². The Hall–Kier alpha value is -1.05. The van der Waals surface area contributed by atoms with Crippen LogP contribution >= 0.6 is 11.8 Å². The minimum absolute atomic E-state index is 0.0386. The lowest BCUT2D eigenvalue weighted by molar-refractivity contribution is -0.118. The van der Waals surface area contributed by atoms with E-state index in [1.807, 2.05) is 14.1 Å². The van der Waals surface area contributed by atoms with Crippen molar-refractivity contribution in [3.05, 3.63) is 35.4 Å². The number of nitrogens with zero attached hydrogens (tertiary/aromatic N) is 1. The van der Waals surface area contributed by atoms with Crippen LogP contribution in [0, 0.1) is 6.92 Å². The van der Waals surface area contributed by atoms with E-state index in [0.29, 0.717) is 18.7 Å². The average Bonchev–Trinajstić information content (AvgIpc) is 2.86. The molecule has 1 amide bonds. The molecule has 0 aliphatic carbocycles. The van der Waals surface area contributed by atoms with Gasteiger partial charge in [0.25, 0.3) is 0 Å². The maximum absolute atomic E-state index is 12.1. The first-order valence-electron chi connectivity index (χ1n) is 8.08. The summed E-state index contributed by atoms with van der Waals surface area (Å²) >= 11 is 1.45. The Morgan fingerprint density at radius 1 is 1.33 bits per heavy atom. The van der Waals surface area contributed by atoms with E-state index in [4.69, 9.17) is 0 Å². The Labute approximate surface area is 149 Å². The van der Waals surface area contributed by atoms with E-state index in [0.717, 1.165) is 0 Å². The number of hydrogen-bond donors (Lipinski definition) is 1. The molecule has 1 aromatic carbocycles. The first-order valence-corrected chi connectivity index (χ1v) is 11.0. The van der Waals surface area contributed by atoms with Crippen molar-refractivity contribution in [3.63, 3.8) is 0 Å². The number of nitrogens with one attached hydrogen (secondary N) is 1. The van der Waals surface area contributed by atoms with Crippen LogP contribution in [0.25, 0.3) is 0 Å². The summed E-state index contributed by atoms with van der Waals surface area (Å²) in [5.41, 5.74) is 2.38. The summed E-state index contributed by atoms with van der Waals surface area (Å²) in [6.45, 7) is 2.59. The first kappa shape index (κ1) is 19.3. The summed E-state index contributed by atoms with van der Waals surface area (Å²) in [6.07, 6.45) is 0.657. The van der Waals surface area contributed by atoms with E-state index >= 15 is 0 Å². The zero-order valence-corrected chi connectivity index (χ0v) is 16.1. The molecule has 1 fully saturated rings. The molecule has 5 nitrogen and oxygen atoms in total. The van der Waals surface area contributed by atoms with E-state index in [9.17, 15) is 13.2 Å². The van der Waals surface area contributed by atoms with Crippen LogP contribution in [0.2, 0.25) is 0 Å². The Kier molecular flexibility index (Phi) is 6.71. The molecule has 7 heteroatoms. The van der Waals surface area contributed by atoms with Crippen molar-refractivity contribution in [1.82, 2.24) is 10.2 Å². The Balaban J connectivity index is 1.81. The molecule has 1 aromatic rings. The van der Waals surface area contributed by atoms with Gasteiger partial charge in [-0.3, -0.25) is 4.79 Å². The van der Waals surface area contributed by atoms with Crippen molar-refractivity contribution in [3.8, 4) is 0 Å². The highest BCUT2D eigenvalue weighted by Crippen LogP contribution is 2.24. The van der Waals surface area contributed by atoms with E-state index in [1.165, 1.54) is 22.9 Å². The molecule has 1 heterocycles. The zero-order valence-electron chi connectivity index (χ0n) is 14.5. The summed E-state index contributed by atoms with van der Waals surface area (Å²) in [5, 5.41) is 3.03. The number of benzene rings is 1. The van der Waals surface area contributed by atoms with Gasteiger partial charge >= 0.3 is 0 Å². The second-order valence-corrected chi connectivity index (χ2v) is 10.0. The van der Waals surface area contributed by atoms with Crippen molar-refractivity contribution < 1.29 is 13.2 Å². The average molecular weight is 371 g/mol. The van der Waals surface area contributed by atoms with Crippen LogP contribution in [0.5, 0.6) is 0 Å². The second-order valence-electron chi connectivity index (χ2n) is 6.53. The minimum Gasteiger partial charge on any atom is -0.353 e. The van der Waals surface area contributed by atoms with Crippen LogP contribution in [0.1, 0.15) is 23.6 Å². The largest absolute Gasteiger partial charge is 0.353 e. The van der Waals surface area contributed by atoms with Crippen LogP contribution < -0.4 is 5.32 Å². The lowest BCUT2D eigenvalue weighted by atomic mass is 10.0. The number of carbonyl (C=O) groups is 1. The molecule has 0 bridgehead atoms. The predicted molar refractivity (Wildman–Crippen MR) is 100 cm³/mol. The number of rotatable bonds is 7. The lowest BCUT2D eigenvalue weighted by Gasteiger charge is -2.25. The fraction of sp³-hybridized carbons (Fsp3) is 0.588. The molecule has 0 radical (unpaired) electrons. The highest BCUT2D eigenvalue weighted by Gasteiger charge is 2.28. The molecule has 1 aliphatic rings. The van der Waals surface area contributed by atoms with Gasteiger partial charge < -0.3 is 10.2 Å². The molecule has 134 valence electrons. The van der Waals surface area contributed by atoms with Gasteiger partial charge in [0.05, 0.1) is 23.3 Å². The van der Waals surface area contributed by atoms with Gasteiger partial charge in [-0.05, 0) is 33.0 Å². The van der Waals surface area contributed by atoms with Crippen LogP contribution in [-0.2, 0) is 14.6 Å². The molecule has 1 N–H and O–H groups in total. The van der Waals surface area contributed by atoms with Crippen LogP contribution in [0.4, 0.5) is 0 Å². The Bertz CT molecular complexity index is 657. The zero-order chi connectivity index (χ0) is 17.7. The number of thioether (sulfide) groups is 1. The van der Waals surface area contributed by atoms with Crippen molar-refractivity contribution in [2.45, 2.75) is 24.6 Å². The summed E-state index contributed by atoms with van der Waals surface area (Å²) < 4.78 is 22.9. The number of hydrogen-bond acceptors (Lipinski definition) is 5. The third kappa shape index (κ3) is 5.79. The van der Waals surface area contributed by atoms with Crippen molar-refractivity contribution in [1.29, 1.82) is 0 Å². The highest BCUT2D eigenvalue weighted by atomic mass is 32.2. The molecule has 2 rings (SSSR count). The Morgan fingerprint density at radius 2 is 2.00 bits per heavy atom. The van der Waals surface area contributed by atoms with Gasteiger partial charge in [-0.25, -0.2) is 8.42 Å². The third-order valence-corrected chi connectivity index (χ3v) is 7.50. The van der Waals surface area contributed by atoms with Gasteiger partial charge in [0.15, 0.2) is 9.84 Å². The molecule has 2 atom stereocenters. The molecule has 0 spiro atoms. The number of sulfone groups is 1. The number of likely N-dealkylation sites (N-methyl/N-ethyl adjacent to an activating group) is 1. The monoisotopic (exact) mass is 370 g/mol. The fourth-order valence-electron chi connectivity index (χ4n) is 2.73. The van der Waals surface area contributed by atoms with E-state index < -0.39 is 9.84 Å². The third-order valence-electron chi connectivity index (χ3n) is 4.22. The summed E-state index contributed by atoms with van der Waals surface area (Å²) in [6, 6.07) is 8.44. The minimum atomic E-state index is -2.88. The molecule has 0 unspecified atom stereocenters. The predicted octanol–water partition coefficient (Wildman–Crippen LogP) is 1.63. The summed E-state index contributed by atoms with van der Waals surface area (Å²) in [4.78, 5) is 14.2. The molecule has 1 aliphatic heterocycles. The first-order chi connectivity index (χ1) is 11.3. The Morgan fingerprint density at radius 3 is 2.54 bits per heavy atom. The lowest BCUT2D eigenvalue weighted by Crippen LogP contribution is -2.35.